The molecule has 0 radical (unpaired) electrons. The van der Waals surface area contributed by atoms with Crippen molar-refractivity contribution in [2.45, 2.75) is 13.5 Å². The summed E-state index contributed by atoms with van der Waals surface area (Å²) in [6.07, 6.45) is 4.85. The molecule has 0 fully saturated rings. The van der Waals surface area contributed by atoms with E-state index in [1.807, 2.05) is 18.2 Å². The van der Waals surface area contributed by atoms with E-state index in [0.29, 0.717) is 23.7 Å². The quantitative estimate of drug-likeness (QED) is 0.438. The first-order valence-corrected chi connectivity index (χ1v) is 7.66. The topological polar surface area (TPSA) is 81.4 Å². The minimum atomic E-state index is -0.651. The lowest BCUT2D eigenvalue weighted by atomic mass is 10.1. The van der Waals surface area contributed by atoms with Crippen LogP contribution < -0.4 is 9.47 Å². The van der Waals surface area contributed by atoms with Crippen LogP contribution in [0.1, 0.15) is 18.1 Å². The third kappa shape index (κ3) is 5.08. The zero-order chi connectivity index (χ0) is 18.1. The lowest BCUT2D eigenvalue weighted by Crippen LogP contribution is -2.06. The smallest absolute Gasteiger partial charge is 0.348 e. The molecule has 2 aromatic rings. The summed E-state index contributed by atoms with van der Waals surface area (Å²) < 4.78 is 15.9. The molecule has 25 heavy (non-hydrogen) atoms. The van der Waals surface area contributed by atoms with E-state index in [9.17, 15) is 4.79 Å². The molecule has 0 N–H and O–H groups in total. The Morgan fingerprint density at radius 1 is 1.24 bits per heavy atom. The number of rotatable bonds is 7. The molecule has 0 aliphatic rings. The largest absolute Gasteiger partial charge is 0.493 e. The van der Waals surface area contributed by atoms with Gasteiger partial charge in [0.15, 0.2) is 11.5 Å². The van der Waals surface area contributed by atoms with Crippen LogP contribution in [0, 0.1) is 11.3 Å². The lowest BCUT2D eigenvalue weighted by Gasteiger charge is -2.11. The van der Waals surface area contributed by atoms with Crippen molar-refractivity contribution in [3.05, 3.63) is 59.4 Å². The van der Waals surface area contributed by atoms with Crippen LogP contribution >= 0.6 is 0 Å². The molecule has 0 unspecified atom stereocenters. The fourth-order valence-corrected chi connectivity index (χ4v) is 2.05. The van der Waals surface area contributed by atoms with Crippen LogP contribution in [0.4, 0.5) is 0 Å². The average Bonchev–Trinajstić information content (AvgIpc) is 2.65. The highest BCUT2D eigenvalue weighted by Crippen LogP contribution is 2.29. The Morgan fingerprint density at radius 2 is 2.00 bits per heavy atom. The van der Waals surface area contributed by atoms with Crippen molar-refractivity contribution in [3.63, 3.8) is 0 Å². The Hall–Kier alpha value is -3.33. The summed E-state index contributed by atoms with van der Waals surface area (Å²) in [6, 6.07) is 10.7. The van der Waals surface area contributed by atoms with Crippen LogP contribution in [0.5, 0.6) is 11.5 Å². The first-order chi connectivity index (χ1) is 12.2. The van der Waals surface area contributed by atoms with Gasteiger partial charge in [0.1, 0.15) is 18.2 Å². The minimum Gasteiger partial charge on any atom is -0.493 e. The monoisotopic (exact) mass is 338 g/mol. The number of hydrogen-bond acceptors (Lipinski definition) is 6. The Balaban J connectivity index is 2.18. The van der Waals surface area contributed by atoms with Crippen molar-refractivity contribution in [2.24, 2.45) is 0 Å². The summed E-state index contributed by atoms with van der Waals surface area (Å²) >= 11 is 0. The standard InChI is InChI=1S/C19H18N2O4/c1-3-24-19(22)16(12-20)10-15-4-5-17(18(11-15)23-2)25-13-14-6-8-21-9-7-14/h4-11H,3,13H2,1-2H3/b16-10-. The first kappa shape index (κ1) is 18.0. The van der Waals surface area contributed by atoms with Gasteiger partial charge < -0.3 is 14.2 Å². The van der Waals surface area contributed by atoms with E-state index in [4.69, 9.17) is 19.5 Å². The van der Waals surface area contributed by atoms with E-state index in [1.54, 1.807) is 37.5 Å². The van der Waals surface area contributed by atoms with Crippen molar-refractivity contribution in [2.75, 3.05) is 13.7 Å². The molecule has 6 nitrogen and oxygen atoms in total. The number of carbonyl (C=O) groups excluding carboxylic acids is 1. The number of hydrogen-bond donors (Lipinski definition) is 0. The molecule has 0 spiro atoms. The second-order valence-electron chi connectivity index (χ2n) is 4.94. The molecule has 128 valence electrons. The van der Waals surface area contributed by atoms with Gasteiger partial charge in [-0.1, -0.05) is 6.07 Å². The third-order valence-electron chi connectivity index (χ3n) is 3.26. The fraction of sp³-hybridized carbons (Fsp3) is 0.211. The van der Waals surface area contributed by atoms with E-state index in [-0.39, 0.29) is 12.2 Å². The van der Waals surface area contributed by atoms with E-state index < -0.39 is 5.97 Å². The van der Waals surface area contributed by atoms with Crippen molar-refractivity contribution < 1.29 is 19.0 Å². The van der Waals surface area contributed by atoms with Gasteiger partial charge >= 0.3 is 5.97 Å². The van der Waals surface area contributed by atoms with Gasteiger partial charge in [-0.25, -0.2) is 4.79 Å². The Bertz CT molecular complexity index is 795. The number of aromatic nitrogens is 1. The van der Waals surface area contributed by atoms with Crippen LogP contribution in [-0.4, -0.2) is 24.7 Å². The van der Waals surface area contributed by atoms with Crippen molar-refractivity contribution in [1.29, 1.82) is 5.26 Å². The highest BCUT2D eigenvalue weighted by atomic mass is 16.5. The normalized spacial score (nSPS) is 10.7. The lowest BCUT2D eigenvalue weighted by molar-refractivity contribution is -0.137. The Kier molecular flexibility index (Phi) is 6.55. The zero-order valence-corrected chi connectivity index (χ0v) is 14.1. The highest BCUT2D eigenvalue weighted by Gasteiger charge is 2.11. The molecule has 0 amide bonds. The molecule has 6 heteroatoms. The summed E-state index contributed by atoms with van der Waals surface area (Å²) in [6.45, 7) is 2.27. The SMILES string of the molecule is CCOC(=O)/C(C#N)=C\c1ccc(OCc2ccncc2)c(OC)c1. The fourth-order valence-electron chi connectivity index (χ4n) is 2.05. The number of benzene rings is 1. The summed E-state index contributed by atoms with van der Waals surface area (Å²) in [5.74, 6) is 0.414. The molecular weight excluding hydrogens is 320 g/mol. The maximum absolute atomic E-state index is 11.7. The maximum Gasteiger partial charge on any atom is 0.348 e. The molecule has 0 saturated carbocycles. The molecule has 0 bridgehead atoms. The second kappa shape index (κ2) is 9.08. The predicted molar refractivity (Wildman–Crippen MR) is 91.8 cm³/mol. The predicted octanol–water partition coefficient (Wildman–Crippen LogP) is 3.14. The minimum absolute atomic E-state index is 0.0747. The molecule has 0 aliphatic carbocycles. The summed E-state index contributed by atoms with van der Waals surface area (Å²) in [7, 11) is 1.53. The van der Waals surface area contributed by atoms with Crippen LogP contribution in [0.3, 0.4) is 0 Å². The van der Waals surface area contributed by atoms with Gasteiger partial charge in [-0.05, 0) is 48.4 Å². The van der Waals surface area contributed by atoms with E-state index in [0.717, 1.165) is 5.56 Å². The number of esters is 1. The van der Waals surface area contributed by atoms with Crippen LogP contribution in [0.2, 0.25) is 0 Å². The maximum atomic E-state index is 11.7. The van der Waals surface area contributed by atoms with Crippen molar-refractivity contribution >= 4 is 12.0 Å². The van der Waals surface area contributed by atoms with Gasteiger partial charge in [-0.2, -0.15) is 5.26 Å². The van der Waals surface area contributed by atoms with Gasteiger partial charge in [0, 0.05) is 12.4 Å². The number of nitrogens with zero attached hydrogens (tertiary/aromatic N) is 2. The van der Waals surface area contributed by atoms with E-state index >= 15 is 0 Å². The van der Waals surface area contributed by atoms with E-state index in [1.165, 1.54) is 13.2 Å². The summed E-state index contributed by atoms with van der Waals surface area (Å²) in [5, 5.41) is 9.10. The molecule has 1 heterocycles. The third-order valence-corrected chi connectivity index (χ3v) is 3.26. The van der Waals surface area contributed by atoms with Crippen molar-refractivity contribution in [1.82, 2.24) is 4.98 Å². The average molecular weight is 338 g/mol. The van der Waals surface area contributed by atoms with Crippen LogP contribution in [0.15, 0.2) is 48.3 Å². The number of carbonyl (C=O) groups is 1. The second-order valence-corrected chi connectivity index (χ2v) is 4.94. The molecule has 1 aromatic carbocycles. The summed E-state index contributed by atoms with van der Waals surface area (Å²) in [4.78, 5) is 15.6. The van der Waals surface area contributed by atoms with Crippen LogP contribution in [0.25, 0.3) is 6.08 Å². The zero-order valence-electron chi connectivity index (χ0n) is 14.1. The number of methoxy groups -OCH3 is 1. The van der Waals surface area contributed by atoms with Gasteiger partial charge in [-0.3, -0.25) is 4.98 Å². The molecule has 0 atom stereocenters. The summed E-state index contributed by atoms with van der Waals surface area (Å²) in [5.41, 5.74) is 1.54. The molecular formula is C19H18N2O4. The van der Waals surface area contributed by atoms with E-state index in [2.05, 4.69) is 4.98 Å². The number of nitriles is 1. The van der Waals surface area contributed by atoms with Gasteiger partial charge in [0.25, 0.3) is 0 Å². The van der Waals surface area contributed by atoms with Crippen LogP contribution in [-0.2, 0) is 16.1 Å². The first-order valence-electron chi connectivity index (χ1n) is 7.66. The number of ether oxygens (including phenoxy) is 3. The van der Waals surface area contributed by atoms with Gasteiger partial charge in [-0.15, -0.1) is 0 Å². The number of pyridine rings is 1. The van der Waals surface area contributed by atoms with Gasteiger partial charge in [0.2, 0.25) is 0 Å². The van der Waals surface area contributed by atoms with Crippen molar-refractivity contribution in [3.8, 4) is 17.6 Å². The Labute approximate surface area is 146 Å². The molecule has 0 saturated heterocycles. The highest BCUT2D eigenvalue weighted by molar-refractivity contribution is 5.97. The molecule has 2 rings (SSSR count). The Morgan fingerprint density at radius 3 is 2.64 bits per heavy atom. The molecule has 0 aliphatic heterocycles. The molecule has 1 aromatic heterocycles. The van der Waals surface area contributed by atoms with Gasteiger partial charge in [0.05, 0.1) is 13.7 Å².